The van der Waals surface area contributed by atoms with Crippen molar-refractivity contribution < 1.29 is 24.2 Å². The molecular formula is C16H20O5. The van der Waals surface area contributed by atoms with Gasteiger partial charge in [-0.05, 0) is 12.0 Å². The Morgan fingerprint density at radius 3 is 2.14 bits per heavy atom. The molecule has 0 spiro atoms. The summed E-state index contributed by atoms with van der Waals surface area (Å²) in [6, 6.07) is 8.98. The molecule has 21 heavy (non-hydrogen) atoms. The Labute approximate surface area is 124 Å². The lowest BCUT2D eigenvalue weighted by molar-refractivity contribution is -0.159. The molecule has 0 bridgehead atoms. The third kappa shape index (κ3) is 4.43. The van der Waals surface area contributed by atoms with Crippen LogP contribution in [0.5, 0.6) is 0 Å². The number of carbonyl (C=O) groups excluding carboxylic acids is 2. The summed E-state index contributed by atoms with van der Waals surface area (Å²) in [6.45, 7) is 3.67. The Morgan fingerprint density at radius 2 is 1.71 bits per heavy atom. The van der Waals surface area contributed by atoms with Gasteiger partial charge in [0.25, 0.3) is 0 Å². The molecule has 0 saturated heterocycles. The lowest BCUT2D eigenvalue weighted by Gasteiger charge is -2.23. The molecule has 0 aliphatic rings. The second-order valence-electron chi connectivity index (χ2n) is 4.59. The highest BCUT2D eigenvalue weighted by Crippen LogP contribution is 2.29. The highest BCUT2D eigenvalue weighted by Gasteiger charge is 2.33. The number of aliphatic hydroxyl groups is 1. The zero-order valence-electron chi connectivity index (χ0n) is 12.2. The first-order valence-electron chi connectivity index (χ1n) is 6.56. The van der Waals surface area contributed by atoms with E-state index >= 15 is 0 Å². The summed E-state index contributed by atoms with van der Waals surface area (Å²) >= 11 is 0. The number of carbonyl (C=O) groups is 2. The van der Waals surface area contributed by atoms with Gasteiger partial charge in [-0.25, -0.2) is 0 Å². The van der Waals surface area contributed by atoms with Crippen LogP contribution in [0.4, 0.5) is 0 Å². The van der Waals surface area contributed by atoms with Crippen LogP contribution in [0, 0.1) is 11.8 Å². The van der Waals surface area contributed by atoms with Crippen LogP contribution in [0.3, 0.4) is 0 Å². The van der Waals surface area contributed by atoms with Crippen molar-refractivity contribution >= 4 is 11.9 Å². The second-order valence-corrected chi connectivity index (χ2v) is 4.59. The van der Waals surface area contributed by atoms with Crippen molar-refractivity contribution in [2.24, 2.45) is 11.8 Å². The predicted octanol–water partition coefficient (Wildman–Crippen LogP) is 1.87. The van der Waals surface area contributed by atoms with E-state index in [1.165, 1.54) is 20.3 Å². The largest absolute Gasteiger partial charge is 0.468 e. The van der Waals surface area contributed by atoms with Gasteiger partial charge in [-0.1, -0.05) is 36.4 Å². The van der Waals surface area contributed by atoms with Crippen molar-refractivity contribution in [3.63, 3.8) is 0 Å². The first-order chi connectivity index (χ1) is 10.0. The Bertz CT molecular complexity index is 467. The zero-order chi connectivity index (χ0) is 15.8. The Hall–Kier alpha value is -2.14. The number of benzene rings is 1. The maximum absolute atomic E-state index is 11.7. The maximum atomic E-state index is 11.7. The minimum atomic E-state index is -1.08. The number of aliphatic hydroxyl groups excluding tert-OH is 1. The molecule has 0 heterocycles. The molecule has 1 aromatic rings. The molecule has 114 valence electrons. The minimum Gasteiger partial charge on any atom is -0.468 e. The van der Waals surface area contributed by atoms with Gasteiger partial charge < -0.3 is 14.6 Å². The fraction of sp³-hybridized carbons (Fsp3) is 0.375. The Morgan fingerprint density at radius 1 is 1.19 bits per heavy atom. The smallest absolute Gasteiger partial charge is 0.320 e. The monoisotopic (exact) mass is 292 g/mol. The first kappa shape index (κ1) is 16.9. The van der Waals surface area contributed by atoms with Crippen molar-refractivity contribution in [1.29, 1.82) is 0 Å². The molecule has 1 rings (SSSR count). The topological polar surface area (TPSA) is 72.8 Å². The number of hydrogen-bond acceptors (Lipinski definition) is 5. The molecule has 1 aromatic carbocycles. The van der Waals surface area contributed by atoms with Gasteiger partial charge in [0.15, 0.2) is 5.92 Å². The predicted molar refractivity (Wildman–Crippen MR) is 77.2 cm³/mol. The van der Waals surface area contributed by atoms with Gasteiger partial charge in [-0.15, -0.1) is 6.58 Å². The molecule has 0 amide bonds. The van der Waals surface area contributed by atoms with Crippen LogP contribution < -0.4 is 0 Å². The number of ether oxygens (including phenoxy) is 2. The number of esters is 2. The van der Waals surface area contributed by atoms with Gasteiger partial charge in [-0.3, -0.25) is 9.59 Å². The molecule has 0 aromatic heterocycles. The Balaban J connectivity index is 2.90. The van der Waals surface area contributed by atoms with Gasteiger partial charge in [0.05, 0.1) is 20.3 Å². The summed E-state index contributed by atoms with van der Waals surface area (Å²) in [5.74, 6) is -2.93. The summed E-state index contributed by atoms with van der Waals surface area (Å²) in [4.78, 5) is 23.4. The average molecular weight is 292 g/mol. The third-order valence-corrected chi connectivity index (χ3v) is 3.33. The zero-order valence-corrected chi connectivity index (χ0v) is 12.2. The van der Waals surface area contributed by atoms with E-state index in [0.29, 0.717) is 5.56 Å². The van der Waals surface area contributed by atoms with Crippen LogP contribution in [0.15, 0.2) is 43.0 Å². The van der Waals surface area contributed by atoms with Crippen molar-refractivity contribution in [3.05, 3.63) is 48.6 Å². The van der Waals surface area contributed by atoms with Crippen LogP contribution in [-0.4, -0.2) is 31.3 Å². The molecule has 0 aliphatic heterocycles. The van der Waals surface area contributed by atoms with Gasteiger partial charge >= 0.3 is 11.9 Å². The highest BCUT2D eigenvalue weighted by atomic mass is 16.5. The molecular weight excluding hydrogens is 272 g/mol. The molecule has 2 atom stereocenters. The standard InChI is InChI=1S/C16H20O5/c1-4-11(14(17)12-8-6-5-7-9-12)10-13(15(18)20-2)16(19)21-3/h4-9,11,13-14,17H,1,10H2,2-3H3/t11-,14-/m1/s1. The molecule has 5 nitrogen and oxygen atoms in total. The van der Waals surface area contributed by atoms with E-state index in [9.17, 15) is 14.7 Å². The van der Waals surface area contributed by atoms with Crippen molar-refractivity contribution in [3.8, 4) is 0 Å². The number of rotatable bonds is 7. The van der Waals surface area contributed by atoms with Gasteiger partial charge in [0.1, 0.15) is 0 Å². The molecule has 0 radical (unpaired) electrons. The van der Waals surface area contributed by atoms with E-state index in [0.717, 1.165) is 0 Å². The summed E-state index contributed by atoms with van der Waals surface area (Å²) < 4.78 is 9.22. The van der Waals surface area contributed by atoms with Crippen LogP contribution in [-0.2, 0) is 19.1 Å². The van der Waals surface area contributed by atoms with E-state index in [2.05, 4.69) is 16.1 Å². The van der Waals surface area contributed by atoms with E-state index in [-0.39, 0.29) is 6.42 Å². The highest BCUT2D eigenvalue weighted by molar-refractivity contribution is 5.94. The van der Waals surface area contributed by atoms with Crippen LogP contribution in [0.1, 0.15) is 18.1 Å². The van der Waals surface area contributed by atoms with Crippen LogP contribution >= 0.6 is 0 Å². The number of hydrogen-bond donors (Lipinski definition) is 1. The number of methoxy groups -OCH3 is 2. The van der Waals surface area contributed by atoms with Crippen molar-refractivity contribution in [1.82, 2.24) is 0 Å². The van der Waals surface area contributed by atoms with E-state index in [4.69, 9.17) is 0 Å². The normalized spacial score (nSPS) is 13.3. The summed E-state index contributed by atoms with van der Waals surface area (Å²) in [5, 5.41) is 10.4. The summed E-state index contributed by atoms with van der Waals surface area (Å²) in [5.41, 5.74) is 0.691. The average Bonchev–Trinajstić information content (AvgIpc) is 2.54. The van der Waals surface area contributed by atoms with Crippen molar-refractivity contribution in [2.75, 3.05) is 14.2 Å². The fourth-order valence-corrected chi connectivity index (χ4v) is 2.10. The van der Waals surface area contributed by atoms with E-state index < -0.39 is 29.9 Å². The SMILES string of the molecule is C=C[C@H](CC(C(=O)OC)C(=O)OC)[C@@H](O)c1ccccc1. The summed E-state index contributed by atoms with van der Waals surface area (Å²) in [7, 11) is 2.41. The molecule has 0 saturated carbocycles. The van der Waals surface area contributed by atoms with Gasteiger partial charge in [0.2, 0.25) is 0 Å². The molecule has 1 N–H and O–H groups in total. The quantitative estimate of drug-likeness (QED) is 0.472. The van der Waals surface area contributed by atoms with Gasteiger partial charge in [0, 0.05) is 5.92 Å². The lowest BCUT2D eigenvalue weighted by atomic mass is 9.87. The molecule has 5 heteroatoms. The maximum Gasteiger partial charge on any atom is 0.320 e. The second kappa shape index (κ2) is 8.21. The lowest BCUT2D eigenvalue weighted by Crippen LogP contribution is -2.29. The Kier molecular flexibility index (Phi) is 6.62. The third-order valence-electron chi connectivity index (χ3n) is 3.33. The molecule has 0 fully saturated rings. The minimum absolute atomic E-state index is 0.0684. The van der Waals surface area contributed by atoms with Crippen LogP contribution in [0.2, 0.25) is 0 Å². The van der Waals surface area contributed by atoms with Crippen molar-refractivity contribution in [2.45, 2.75) is 12.5 Å². The first-order valence-corrected chi connectivity index (χ1v) is 6.56. The van der Waals surface area contributed by atoms with Crippen LogP contribution in [0.25, 0.3) is 0 Å². The van der Waals surface area contributed by atoms with E-state index in [1.807, 2.05) is 6.07 Å². The fourth-order valence-electron chi connectivity index (χ4n) is 2.10. The molecule has 0 unspecified atom stereocenters. The summed E-state index contributed by atoms with van der Waals surface area (Å²) in [6.07, 6.45) is 0.732. The van der Waals surface area contributed by atoms with Gasteiger partial charge in [-0.2, -0.15) is 0 Å². The van der Waals surface area contributed by atoms with E-state index in [1.54, 1.807) is 24.3 Å². The molecule has 0 aliphatic carbocycles.